The Morgan fingerprint density at radius 2 is 1.24 bits per heavy atom. The molecule has 5 aromatic rings. The average molecular weight is 817 g/mol. The first kappa shape index (κ1) is 40.8. The van der Waals surface area contributed by atoms with Gasteiger partial charge in [0.15, 0.2) is 0 Å². The maximum Gasteiger partial charge on any atom is 0.330 e. The first-order valence-electron chi connectivity index (χ1n) is 18.7. The lowest BCUT2D eigenvalue weighted by Gasteiger charge is -2.37. The summed E-state index contributed by atoms with van der Waals surface area (Å²) in [4.78, 5) is 54.1. The van der Waals surface area contributed by atoms with Gasteiger partial charge in [0.1, 0.15) is 36.0 Å². The van der Waals surface area contributed by atoms with Gasteiger partial charge in [-0.15, -0.1) is 0 Å². The van der Waals surface area contributed by atoms with E-state index in [0.29, 0.717) is 5.75 Å². The van der Waals surface area contributed by atoms with Crippen LogP contribution in [-0.4, -0.2) is 76.5 Å². The minimum absolute atomic E-state index is 0.0133. The first-order valence-corrected chi connectivity index (χ1v) is 20.3. The van der Waals surface area contributed by atoms with Gasteiger partial charge in [0.25, 0.3) is 21.2 Å². The quantitative estimate of drug-likeness (QED) is 0.109. The van der Waals surface area contributed by atoms with Crippen molar-refractivity contribution in [2.75, 3.05) is 19.5 Å². The van der Waals surface area contributed by atoms with E-state index in [1.54, 1.807) is 7.11 Å². The van der Waals surface area contributed by atoms with Crippen molar-refractivity contribution < 1.29 is 36.7 Å². The molecule has 2 saturated heterocycles. The molecular formula is C41H44N4O12S. The van der Waals surface area contributed by atoms with Gasteiger partial charge in [0.05, 0.1) is 31.7 Å². The first-order chi connectivity index (χ1) is 27.8. The molecule has 0 saturated carbocycles. The molecule has 0 aliphatic carbocycles. The summed E-state index contributed by atoms with van der Waals surface area (Å²) in [7, 11) is -2.79. The molecule has 306 valence electrons. The molecule has 0 bridgehead atoms. The van der Waals surface area contributed by atoms with Gasteiger partial charge in [-0.05, 0) is 49.1 Å². The van der Waals surface area contributed by atoms with Crippen LogP contribution in [0.15, 0.2) is 117 Å². The normalized spacial score (nSPS) is 22.3. The van der Waals surface area contributed by atoms with E-state index in [0.717, 1.165) is 21.3 Å². The summed E-state index contributed by atoms with van der Waals surface area (Å²) in [6.45, 7) is 2.84. The van der Waals surface area contributed by atoms with E-state index in [9.17, 15) is 32.7 Å². The standard InChI is InChI=1S/C41H44N4O12S/c1-25-22-44(39(49)42-37(25)47)35-20-31(46)32(55-35)18-19-58(51,52)57-33-21-36(45-23-26(2)38(48)43-40(45)50)56-34(33)24-54-41(27-10-6-4-7-11-27,28-12-8-5-9-13-28)29-14-16-30(53-3)17-15-29/h4-17,22-23,31-36,46H,18-21,24H2,1-3H3,(H,42,47,49)(H,43,48,50)/t31-,32+,33-,34+,35+,36+/m0/s1. The largest absolute Gasteiger partial charge is 0.497 e. The minimum Gasteiger partial charge on any atom is -0.497 e. The Bertz CT molecular complexity index is 2530. The Kier molecular flexibility index (Phi) is 11.8. The topological polar surface area (TPSA) is 210 Å². The molecule has 2 aliphatic rings. The molecule has 2 fully saturated rings. The van der Waals surface area contributed by atoms with Gasteiger partial charge in [-0.3, -0.25) is 32.9 Å². The Morgan fingerprint density at radius 1 is 0.741 bits per heavy atom. The monoisotopic (exact) mass is 816 g/mol. The average Bonchev–Trinajstić information content (AvgIpc) is 3.79. The van der Waals surface area contributed by atoms with Crippen LogP contribution in [0.1, 0.15) is 59.5 Å². The molecule has 6 atom stereocenters. The molecule has 0 spiro atoms. The van der Waals surface area contributed by atoms with Crippen molar-refractivity contribution in [3.8, 4) is 5.75 Å². The number of hydrogen-bond acceptors (Lipinski definition) is 12. The number of aryl methyl sites for hydroxylation is 2. The van der Waals surface area contributed by atoms with Gasteiger partial charge in [-0.25, -0.2) is 9.59 Å². The smallest absolute Gasteiger partial charge is 0.330 e. The highest BCUT2D eigenvalue weighted by Gasteiger charge is 2.45. The van der Waals surface area contributed by atoms with E-state index in [4.69, 9.17) is 23.1 Å². The van der Waals surface area contributed by atoms with Crippen LogP contribution in [0.5, 0.6) is 5.75 Å². The van der Waals surface area contributed by atoms with Crippen molar-refractivity contribution in [3.63, 3.8) is 0 Å². The summed E-state index contributed by atoms with van der Waals surface area (Å²) < 4.78 is 60.4. The van der Waals surface area contributed by atoms with E-state index in [1.165, 1.54) is 30.8 Å². The molecule has 3 N–H and O–H groups in total. The molecule has 4 heterocycles. The summed E-state index contributed by atoms with van der Waals surface area (Å²) in [5.41, 5.74) is -1.04. The number of hydrogen-bond donors (Lipinski definition) is 3. The molecule has 16 nitrogen and oxygen atoms in total. The summed E-state index contributed by atoms with van der Waals surface area (Å²) in [6, 6.07) is 26.4. The van der Waals surface area contributed by atoms with Gasteiger partial charge >= 0.3 is 11.4 Å². The predicted octanol–water partition coefficient (Wildman–Crippen LogP) is 2.76. The third-order valence-corrected chi connectivity index (χ3v) is 11.8. The van der Waals surface area contributed by atoms with E-state index >= 15 is 0 Å². The highest BCUT2D eigenvalue weighted by atomic mass is 32.2. The number of nitrogens with zero attached hydrogens (tertiary/aromatic N) is 2. The van der Waals surface area contributed by atoms with Crippen molar-refractivity contribution in [2.45, 2.75) is 75.6 Å². The van der Waals surface area contributed by atoms with Crippen molar-refractivity contribution in [2.24, 2.45) is 0 Å². The van der Waals surface area contributed by atoms with Crippen molar-refractivity contribution in [1.29, 1.82) is 0 Å². The number of ether oxygens (including phenoxy) is 4. The van der Waals surface area contributed by atoms with Crippen LogP contribution < -0.4 is 27.2 Å². The SMILES string of the molecule is COc1ccc(C(OC[C@H]2O[C@@H](n3cc(C)c(=O)[nH]c3=O)C[C@@H]2OS(=O)(=O)CC[C@H]2O[C@@H](n3cc(C)c(=O)[nH]c3=O)C[C@@H]2O)(c2ccccc2)c2ccccc2)cc1. The number of nitrogens with one attached hydrogen (secondary N) is 2. The molecule has 17 heteroatoms. The number of aliphatic hydroxyl groups excluding tert-OH is 1. The molecular weight excluding hydrogens is 773 g/mol. The summed E-state index contributed by atoms with van der Waals surface area (Å²) in [6.07, 6.45) is -3.92. The van der Waals surface area contributed by atoms with Gasteiger partial charge < -0.3 is 24.1 Å². The Morgan fingerprint density at radius 3 is 1.78 bits per heavy atom. The number of aliphatic hydroxyl groups is 1. The summed E-state index contributed by atoms with van der Waals surface area (Å²) >= 11 is 0. The molecule has 0 unspecified atom stereocenters. The van der Waals surface area contributed by atoms with Crippen LogP contribution in [0.2, 0.25) is 0 Å². The van der Waals surface area contributed by atoms with Crippen LogP contribution in [0.25, 0.3) is 0 Å². The van der Waals surface area contributed by atoms with E-state index in [2.05, 4.69) is 9.97 Å². The lowest BCUT2D eigenvalue weighted by Crippen LogP contribution is -2.39. The van der Waals surface area contributed by atoms with Crippen LogP contribution >= 0.6 is 0 Å². The van der Waals surface area contributed by atoms with Crippen molar-refractivity contribution in [3.05, 3.63) is 167 Å². The van der Waals surface area contributed by atoms with Crippen molar-refractivity contribution in [1.82, 2.24) is 19.1 Å². The molecule has 7 rings (SSSR count). The molecule has 58 heavy (non-hydrogen) atoms. The third-order valence-electron chi connectivity index (χ3n) is 10.5. The number of aromatic amines is 2. The fraction of sp³-hybridized carbons (Fsp3) is 0.366. The van der Waals surface area contributed by atoms with Gasteiger partial charge in [0.2, 0.25) is 0 Å². The third kappa shape index (κ3) is 8.41. The Balaban J connectivity index is 1.17. The number of benzene rings is 3. The number of rotatable bonds is 14. The second-order valence-electron chi connectivity index (χ2n) is 14.4. The zero-order chi connectivity index (χ0) is 41.2. The molecule has 3 aromatic carbocycles. The van der Waals surface area contributed by atoms with Crippen LogP contribution in [0.3, 0.4) is 0 Å². The zero-order valence-corrected chi connectivity index (χ0v) is 32.8. The van der Waals surface area contributed by atoms with Crippen molar-refractivity contribution >= 4 is 10.1 Å². The predicted molar refractivity (Wildman–Crippen MR) is 210 cm³/mol. The maximum atomic E-state index is 13.7. The van der Waals surface area contributed by atoms with Gasteiger partial charge in [-0.1, -0.05) is 72.8 Å². The fourth-order valence-electron chi connectivity index (χ4n) is 7.49. The molecule has 2 aromatic heterocycles. The summed E-state index contributed by atoms with van der Waals surface area (Å²) in [5.74, 6) is 0.0598. The highest BCUT2D eigenvalue weighted by Crippen LogP contribution is 2.42. The Labute approximate surface area is 332 Å². The lowest BCUT2D eigenvalue weighted by molar-refractivity contribution is -0.0911. The van der Waals surface area contributed by atoms with E-state index in [-0.39, 0.29) is 37.0 Å². The molecule has 0 radical (unpaired) electrons. The molecule has 2 aliphatic heterocycles. The van der Waals surface area contributed by atoms with E-state index < -0.39 is 80.8 Å². The van der Waals surface area contributed by atoms with Gasteiger partial charge in [-0.2, -0.15) is 8.42 Å². The molecule has 0 amide bonds. The minimum atomic E-state index is -4.36. The maximum absolute atomic E-state index is 13.7. The second kappa shape index (κ2) is 16.8. The number of H-pyrrole nitrogens is 2. The van der Waals surface area contributed by atoms with E-state index in [1.807, 2.05) is 84.9 Å². The number of methoxy groups -OCH3 is 1. The van der Waals surface area contributed by atoms with Crippen LogP contribution in [0, 0.1) is 13.8 Å². The zero-order valence-electron chi connectivity index (χ0n) is 32.0. The highest BCUT2D eigenvalue weighted by molar-refractivity contribution is 7.86. The number of aromatic nitrogens is 4. The van der Waals surface area contributed by atoms with Gasteiger partial charge in [0, 0.05) is 36.4 Å². The van der Waals surface area contributed by atoms with Crippen LogP contribution in [-0.2, 0) is 34.1 Å². The second-order valence-corrected chi connectivity index (χ2v) is 16.1. The fourth-order valence-corrected chi connectivity index (χ4v) is 8.69. The Hall–Kier alpha value is -5.43. The summed E-state index contributed by atoms with van der Waals surface area (Å²) in [5, 5.41) is 10.8. The lowest BCUT2D eigenvalue weighted by atomic mass is 9.80. The van der Waals surface area contributed by atoms with Crippen LogP contribution in [0.4, 0.5) is 0 Å².